The second-order valence-electron chi connectivity index (χ2n) is 6.22. The van der Waals surface area contributed by atoms with Crippen LogP contribution in [0.1, 0.15) is 5.56 Å². The van der Waals surface area contributed by atoms with E-state index in [9.17, 15) is 17.2 Å². The molecule has 0 atom stereocenters. The summed E-state index contributed by atoms with van der Waals surface area (Å²) < 4.78 is 58.8. The van der Waals surface area contributed by atoms with Crippen LogP contribution >= 0.6 is 0 Å². The Hall–Kier alpha value is -2.03. The van der Waals surface area contributed by atoms with Crippen molar-refractivity contribution < 1.29 is 26.8 Å². The first-order chi connectivity index (χ1) is 12.4. The van der Waals surface area contributed by atoms with E-state index >= 15 is 0 Å². The predicted molar refractivity (Wildman–Crippen MR) is 92.5 cm³/mol. The van der Waals surface area contributed by atoms with Crippen molar-refractivity contribution in [2.75, 3.05) is 33.3 Å². The molecule has 5 nitrogen and oxygen atoms in total. The Morgan fingerprint density at radius 2 is 1.81 bits per heavy atom. The third-order valence-corrected chi connectivity index (χ3v) is 6.51. The quantitative estimate of drug-likeness (QED) is 0.840. The van der Waals surface area contributed by atoms with Gasteiger partial charge in [0, 0.05) is 11.6 Å². The van der Waals surface area contributed by atoms with Gasteiger partial charge < -0.3 is 9.64 Å². The van der Waals surface area contributed by atoms with Gasteiger partial charge in [-0.25, -0.2) is 17.2 Å². The SMILES string of the molecule is COc1ccccc1C[NH+]1CCN(S(=O)(=O)c2ccc(F)cc2F)CC1. The highest BCUT2D eigenvalue weighted by atomic mass is 32.2. The molecule has 0 unspecified atom stereocenters. The molecule has 1 N–H and O–H groups in total. The van der Waals surface area contributed by atoms with Crippen LogP contribution in [0, 0.1) is 11.6 Å². The molecule has 1 fully saturated rings. The standard InChI is InChI=1S/C18H20F2N2O3S/c1-25-17-5-3-2-4-14(17)13-21-8-10-22(11-9-21)26(23,24)18-7-6-15(19)12-16(18)20/h2-7,12H,8-11,13H2,1H3/p+1. The highest BCUT2D eigenvalue weighted by molar-refractivity contribution is 7.89. The van der Waals surface area contributed by atoms with Crippen LogP contribution in [0.15, 0.2) is 47.4 Å². The molecule has 0 bridgehead atoms. The minimum atomic E-state index is -3.96. The molecule has 8 heteroatoms. The van der Waals surface area contributed by atoms with E-state index in [1.807, 2.05) is 24.3 Å². The number of benzene rings is 2. The molecule has 0 aromatic heterocycles. The molecule has 0 aliphatic carbocycles. The average molecular weight is 383 g/mol. The number of halogens is 2. The molecule has 0 amide bonds. The van der Waals surface area contributed by atoms with Crippen molar-refractivity contribution in [2.45, 2.75) is 11.4 Å². The van der Waals surface area contributed by atoms with Crippen molar-refractivity contribution in [3.05, 3.63) is 59.7 Å². The van der Waals surface area contributed by atoms with Gasteiger partial charge in [0.15, 0.2) is 0 Å². The monoisotopic (exact) mass is 383 g/mol. The number of hydrogen-bond donors (Lipinski definition) is 1. The van der Waals surface area contributed by atoms with Crippen LogP contribution in [0.25, 0.3) is 0 Å². The molecule has 2 aromatic rings. The van der Waals surface area contributed by atoms with E-state index < -0.39 is 26.6 Å². The maximum absolute atomic E-state index is 13.9. The molecule has 1 aliphatic heterocycles. The molecule has 1 heterocycles. The number of para-hydroxylation sites is 1. The highest BCUT2D eigenvalue weighted by Crippen LogP contribution is 2.20. The summed E-state index contributed by atoms with van der Waals surface area (Å²) in [6, 6.07) is 10.3. The molecule has 0 spiro atoms. The second kappa shape index (κ2) is 7.69. The van der Waals surface area contributed by atoms with Crippen molar-refractivity contribution in [3.63, 3.8) is 0 Å². The summed E-state index contributed by atoms with van der Waals surface area (Å²) in [6.07, 6.45) is 0. The zero-order valence-electron chi connectivity index (χ0n) is 14.4. The van der Waals surface area contributed by atoms with Gasteiger partial charge >= 0.3 is 0 Å². The lowest BCUT2D eigenvalue weighted by Gasteiger charge is -2.31. The topological polar surface area (TPSA) is 51.1 Å². The molecule has 3 rings (SSSR count). The fourth-order valence-electron chi connectivity index (χ4n) is 3.16. The number of quaternary nitrogens is 1. The molecular weight excluding hydrogens is 362 g/mol. The first kappa shape index (κ1) is 18.8. The van der Waals surface area contributed by atoms with Gasteiger partial charge in [0.2, 0.25) is 10.0 Å². The zero-order valence-corrected chi connectivity index (χ0v) is 15.2. The highest BCUT2D eigenvalue weighted by Gasteiger charge is 2.32. The molecule has 1 aliphatic rings. The smallest absolute Gasteiger partial charge is 0.246 e. The van der Waals surface area contributed by atoms with Crippen molar-refractivity contribution in [3.8, 4) is 5.75 Å². The molecule has 140 valence electrons. The Kier molecular flexibility index (Phi) is 5.55. The van der Waals surface area contributed by atoms with Crippen molar-refractivity contribution in [2.24, 2.45) is 0 Å². The molecule has 26 heavy (non-hydrogen) atoms. The van der Waals surface area contributed by atoms with Crippen molar-refractivity contribution >= 4 is 10.0 Å². The van der Waals surface area contributed by atoms with E-state index in [0.717, 1.165) is 30.0 Å². The summed E-state index contributed by atoms with van der Waals surface area (Å²) in [7, 11) is -2.34. The fraction of sp³-hybridized carbons (Fsp3) is 0.333. The van der Waals surface area contributed by atoms with E-state index in [0.29, 0.717) is 19.2 Å². The van der Waals surface area contributed by atoms with E-state index in [1.54, 1.807) is 7.11 Å². The number of ether oxygens (including phenoxy) is 1. The summed E-state index contributed by atoms with van der Waals surface area (Å²) >= 11 is 0. The number of sulfonamides is 1. The van der Waals surface area contributed by atoms with E-state index in [1.165, 1.54) is 9.21 Å². The fourth-order valence-corrected chi connectivity index (χ4v) is 4.65. The van der Waals surface area contributed by atoms with Crippen LogP contribution in [-0.2, 0) is 16.6 Å². The molecule has 0 saturated carbocycles. The molecular formula is C18H21F2N2O3S+. The van der Waals surface area contributed by atoms with Gasteiger partial charge in [0.25, 0.3) is 0 Å². The van der Waals surface area contributed by atoms with Gasteiger partial charge in [-0.05, 0) is 24.3 Å². The third kappa shape index (κ3) is 3.87. The molecule has 1 saturated heterocycles. The van der Waals surface area contributed by atoms with Gasteiger partial charge in [0.1, 0.15) is 28.8 Å². The number of hydrogen-bond acceptors (Lipinski definition) is 3. The predicted octanol–water partition coefficient (Wildman–Crippen LogP) is 1.06. The van der Waals surface area contributed by atoms with Gasteiger partial charge in [-0.15, -0.1) is 0 Å². The van der Waals surface area contributed by atoms with E-state index in [4.69, 9.17) is 4.74 Å². The van der Waals surface area contributed by atoms with Crippen molar-refractivity contribution in [1.82, 2.24) is 4.31 Å². The minimum absolute atomic E-state index is 0.281. The summed E-state index contributed by atoms with van der Waals surface area (Å²) in [5, 5.41) is 0. The van der Waals surface area contributed by atoms with Crippen LogP contribution in [0.5, 0.6) is 5.75 Å². The largest absolute Gasteiger partial charge is 0.496 e. The third-order valence-electron chi connectivity index (χ3n) is 4.57. The number of methoxy groups -OCH3 is 1. The Labute approximate surface area is 151 Å². The summed E-state index contributed by atoms with van der Waals surface area (Å²) in [5.74, 6) is -1.05. The lowest BCUT2D eigenvalue weighted by Crippen LogP contribution is -3.13. The van der Waals surface area contributed by atoms with Crippen LogP contribution in [0.2, 0.25) is 0 Å². The van der Waals surface area contributed by atoms with Crippen LogP contribution in [-0.4, -0.2) is 46.0 Å². The van der Waals surface area contributed by atoms with Gasteiger partial charge in [-0.2, -0.15) is 4.31 Å². The summed E-state index contributed by atoms with van der Waals surface area (Å²) in [5.41, 5.74) is 1.06. The summed E-state index contributed by atoms with van der Waals surface area (Å²) in [6.45, 7) is 2.48. The first-order valence-corrected chi connectivity index (χ1v) is 9.76. The number of piperazine rings is 1. The Bertz CT molecular complexity index is 882. The Balaban J connectivity index is 1.68. The first-order valence-electron chi connectivity index (χ1n) is 8.32. The Morgan fingerprint density at radius 1 is 1.12 bits per heavy atom. The lowest BCUT2D eigenvalue weighted by atomic mass is 10.2. The summed E-state index contributed by atoms with van der Waals surface area (Å²) in [4.78, 5) is 0.743. The number of nitrogens with one attached hydrogen (secondary N) is 1. The molecule has 2 aromatic carbocycles. The minimum Gasteiger partial charge on any atom is -0.496 e. The lowest BCUT2D eigenvalue weighted by molar-refractivity contribution is -0.917. The molecule has 0 radical (unpaired) electrons. The van der Waals surface area contributed by atoms with Gasteiger partial charge in [-0.1, -0.05) is 12.1 Å². The second-order valence-corrected chi connectivity index (χ2v) is 8.12. The van der Waals surface area contributed by atoms with Crippen LogP contribution in [0.3, 0.4) is 0 Å². The number of nitrogens with zero attached hydrogens (tertiary/aromatic N) is 1. The number of rotatable bonds is 5. The van der Waals surface area contributed by atoms with Gasteiger partial charge in [-0.3, -0.25) is 0 Å². The van der Waals surface area contributed by atoms with E-state index in [2.05, 4.69) is 0 Å². The normalized spacial score (nSPS) is 16.6. The average Bonchev–Trinajstić information content (AvgIpc) is 2.62. The van der Waals surface area contributed by atoms with Gasteiger partial charge in [0.05, 0.1) is 33.3 Å². The van der Waals surface area contributed by atoms with Crippen LogP contribution in [0.4, 0.5) is 8.78 Å². The maximum atomic E-state index is 13.9. The van der Waals surface area contributed by atoms with Crippen molar-refractivity contribution in [1.29, 1.82) is 0 Å². The van der Waals surface area contributed by atoms with E-state index in [-0.39, 0.29) is 13.1 Å². The maximum Gasteiger partial charge on any atom is 0.246 e. The zero-order chi connectivity index (χ0) is 18.7. The van der Waals surface area contributed by atoms with Crippen LogP contribution < -0.4 is 9.64 Å². The Morgan fingerprint density at radius 3 is 2.46 bits per heavy atom.